The number of halogens is 3. The number of anilines is 1. The van der Waals surface area contributed by atoms with Crippen molar-refractivity contribution in [2.45, 2.75) is 26.1 Å². The molecule has 0 saturated heterocycles. The highest BCUT2D eigenvalue weighted by Crippen LogP contribution is 2.27. The highest BCUT2D eigenvalue weighted by molar-refractivity contribution is 7.10. The third-order valence-corrected chi connectivity index (χ3v) is 3.57. The molecule has 0 aliphatic rings. The van der Waals surface area contributed by atoms with Gasteiger partial charge in [-0.1, -0.05) is 6.92 Å². The summed E-state index contributed by atoms with van der Waals surface area (Å²) in [4.78, 5) is 1.16. The van der Waals surface area contributed by atoms with Gasteiger partial charge < -0.3 is 5.32 Å². The van der Waals surface area contributed by atoms with E-state index in [1.807, 2.05) is 11.4 Å². The van der Waals surface area contributed by atoms with Crippen LogP contribution < -0.4 is 5.32 Å². The molecule has 2 aromatic heterocycles. The van der Waals surface area contributed by atoms with Crippen LogP contribution in [-0.2, 0) is 19.1 Å². The van der Waals surface area contributed by atoms with E-state index in [1.54, 1.807) is 11.3 Å². The normalized spacial score (nSPS) is 11.6. The van der Waals surface area contributed by atoms with Crippen LogP contribution in [0.25, 0.3) is 0 Å². The number of nitrogens with one attached hydrogen (secondary N) is 1. The first-order valence-electron chi connectivity index (χ1n) is 5.70. The molecule has 0 aromatic carbocycles. The number of nitrogens with zero attached hydrogens (tertiary/aromatic N) is 2. The first-order valence-corrected chi connectivity index (χ1v) is 6.58. The summed E-state index contributed by atoms with van der Waals surface area (Å²) in [7, 11) is 0. The van der Waals surface area contributed by atoms with Gasteiger partial charge in [0, 0.05) is 4.88 Å². The predicted molar refractivity (Wildman–Crippen MR) is 68.1 cm³/mol. The minimum Gasteiger partial charge on any atom is -0.364 e. The molecule has 0 fully saturated rings. The number of aromatic nitrogens is 2. The number of hydrogen-bond acceptors (Lipinski definition) is 4. The lowest BCUT2D eigenvalue weighted by atomic mass is 10.2. The summed E-state index contributed by atoms with van der Waals surface area (Å²) in [5.41, 5.74) is 0.251. The Hall–Kier alpha value is -1.63. The third kappa shape index (κ3) is 3.44. The summed E-state index contributed by atoms with van der Waals surface area (Å²) in [6, 6.07) is 4.25. The zero-order valence-electron chi connectivity index (χ0n) is 10.2. The van der Waals surface area contributed by atoms with Gasteiger partial charge in [-0.25, -0.2) is 0 Å². The molecule has 0 unspecified atom stereocenters. The maximum Gasteiger partial charge on any atom is 0.435 e. The molecule has 0 bridgehead atoms. The molecule has 102 valence electrons. The van der Waals surface area contributed by atoms with Crippen LogP contribution in [0.4, 0.5) is 19.0 Å². The van der Waals surface area contributed by atoms with Gasteiger partial charge in [-0.15, -0.1) is 21.5 Å². The van der Waals surface area contributed by atoms with Gasteiger partial charge in [0.1, 0.15) is 5.82 Å². The summed E-state index contributed by atoms with van der Waals surface area (Å²) < 4.78 is 36.9. The number of thiophene rings is 1. The van der Waals surface area contributed by atoms with Crippen LogP contribution in [0, 0.1) is 0 Å². The van der Waals surface area contributed by atoms with Gasteiger partial charge >= 0.3 is 6.18 Å². The van der Waals surface area contributed by atoms with Gasteiger partial charge in [0.25, 0.3) is 0 Å². The van der Waals surface area contributed by atoms with Crippen molar-refractivity contribution in [3.8, 4) is 0 Å². The Morgan fingerprint density at radius 1 is 1.21 bits per heavy atom. The van der Waals surface area contributed by atoms with Crippen molar-refractivity contribution in [2.24, 2.45) is 0 Å². The van der Waals surface area contributed by atoms with E-state index in [1.165, 1.54) is 11.6 Å². The van der Waals surface area contributed by atoms with Gasteiger partial charge in [-0.05, 0) is 35.6 Å². The Morgan fingerprint density at radius 2 is 2.00 bits per heavy atom. The third-order valence-electron chi connectivity index (χ3n) is 2.60. The molecule has 19 heavy (non-hydrogen) atoms. The van der Waals surface area contributed by atoms with E-state index in [0.29, 0.717) is 12.4 Å². The van der Waals surface area contributed by atoms with Gasteiger partial charge in [-0.3, -0.25) is 0 Å². The predicted octanol–water partition coefficient (Wildman–Crippen LogP) is 3.73. The monoisotopic (exact) mass is 287 g/mol. The van der Waals surface area contributed by atoms with Crippen LogP contribution in [-0.4, -0.2) is 10.2 Å². The lowest BCUT2D eigenvalue weighted by Gasteiger charge is -2.07. The van der Waals surface area contributed by atoms with Crippen molar-refractivity contribution in [3.05, 3.63) is 39.7 Å². The molecule has 0 amide bonds. The second-order valence-corrected chi connectivity index (χ2v) is 4.88. The van der Waals surface area contributed by atoms with Crippen molar-refractivity contribution in [2.75, 3.05) is 5.32 Å². The van der Waals surface area contributed by atoms with Gasteiger partial charge in [0.15, 0.2) is 5.69 Å². The second-order valence-electron chi connectivity index (χ2n) is 3.88. The Balaban J connectivity index is 2.01. The summed E-state index contributed by atoms with van der Waals surface area (Å²) in [6.45, 7) is 2.60. The molecule has 0 saturated carbocycles. The largest absolute Gasteiger partial charge is 0.435 e. The summed E-state index contributed by atoms with van der Waals surface area (Å²) in [5, 5.41) is 11.6. The van der Waals surface area contributed by atoms with Gasteiger partial charge in [0.2, 0.25) is 0 Å². The zero-order chi connectivity index (χ0) is 13.9. The maximum atomic E-state index is 12.3. The molecular formula is C12H12F3N3S. The maximum absolute atomic E-state index is 12.3. The fraction of sp³-hybridized carbons (Fsp3) is 0.333. The molecule has 2 rings (SSSR count). The van der Waals surface area contributed by atoms with Crippen molar-refractivity contribution in [1.82, 2.24) is 10.2 Å². The minimum absolute atomic E-state index is 0.337. The Bertz CT molecular complexity index is 534. The number of aryl methyl sites for hydroxylation is 1. The van der Waals surface area contributed by atoms with Gasteiger partial charge in [0.05, 0.1) is 6.54 Å². The SMILES string of the molecule is CCc1ccsc1CNc1ccc(C(F)(F)F)nn1. The number of rotatable bonds is 4. The fourth-order valence-electron chi connectivity index (χ4n) is 1.59. The molecule has 7 heteroatoms. The van der Waals surface area contributed by atoms with E-state index in [4.69, 9.17) is 0 Å². The number of alkyl halides is 3. The lowest BCUT2D eigenvalue weighted by molar-refractivity contribution is -0.141. The van der Waals surface area contributed by atoms with Crippen LogP contribution in [0.1, 0.15) is 23.1 Å². The van der Waals surface area contributed by atoms with Crippen molar-refractivity contribution < 1.29 is 13.2 Å². The first kappa shape index (κ1) is 13.8. The van der Waals surface area contributed by atoms with Crippen molar-refractivity contribution >= 4 is 17.2 Å². The smallest absolute Gasteiger partial charge is 0.364 e. The molecule has 3 nitrogen and oxygen atoms in total. The summed E-state index contributed by atoms with van der Waals surface area (Å²) in [6.07, 6.45) is -3.52. The fourth-order valence-corrected chi connectivity index (χ4v) is 2.50. The Kier molecular flexibility index (Phi) is 4.04. The van der Waals surface area contributed by atoms with Crippen LogP contribution in [0.5, 0.6) is 0 Å². The molecular weight excluding hydrogens is 275 g/mol. The van der Waals surface area contributed by atoms with E-state index in [-0.39, 0.29) is 0 Å². The second kappa shape index (κ2) is 5.56. The molecule has 0 radical (unpaired) electrons. The van der Waals surface area contributed by atoms with Crippen molar-refractivity contribution in [3.63, 3.8) is 0 Å². The standard InChI is InChI=1S/C12H12F3N3S/c1-2-8-5-6-19-9(8)7-16-11-4-3-10(17-18-11)12(13,14)15/h3-6H,2,7H2,1H3,(H,16,18). The average molecular weight is 287 g/mol. The van der Waals surface area contributed by atoms with Crippen LogP contribution >= 0.6 is 11.3 Å². The van der Waals surface area contributed by atoms with E-state index in [2.05, 4.69) is 22.4 Å². The lowest BCUT2D eigenvalue weighted by Crippen LogP contribution is -2.10. The molecule has 0 aliphatic carbocycles. The molecule has 2 aromatic rings. The first-order chi connectivity index (χ1) is 9.00. The summed E-state index contributed by atoms with van der Waals surface area (Å²) in [5.74, 6) is 0.337. The average Bonchev–Trinajstić information content (AvgIpc) is 2.83. The minimum atomic E-state index is -4.45. The molecule has 0 spiro atoms. The van der Waals surface area contributed by atoms with Crippen LogP contribution in [0.3, 0.4) is 0 Å². The quantitative estimate of drug-likeness (QED) is 0.931. The highest BCUT2D eigenvalue weighted by atomic mass is 32.1. The van der Waals surface area contributed by atoms with E-state index >= 15 is 0 Å². The topological polar surface area (TPSA) is 37.8 Å². The Labute approximate surface area is 112 Å². The summed E-state index contributed by atoms with van der Waals surface area (Å²) >= 11 is 1.61. The van der Waals surface area contributed by atoms with E-state index in [9.17, 15) is 13.2 Å². The van der Waals surface area contributed by atoms with Crippen LogP contribution in [0.15, 0.2) is 23.6 Å². The van der Waals surface area contributed by atoms with E-state index in [0.717, 1.165) is 17.4 Å². The molecule has 2 heterocycles. The molecule has 1 N–H and O–H groups in total. The molecule has 0 atom stereocenters. The zero-order valence-corrected chi connectivity index (χ0v) is 11.0. The van der Waals surface area contributed by atoms with Crippen molar-refractivity contribution in [1.29, 1.82) is 0 Å². The Morgan fingerprint density at radius 3 is 2.58 bits per heavy atom. The van der Waals surface area contributed by atoms with Gasteiger partial charge in [-0.2, -0.15) is 13.2 Å². The number of hydrogen-bond donors (Lipinski definition) is 1. The van der Waals surface area contributed by atoms with E-state index < -0.39 is 11.9 Å². The highest BCUT2D eigenvalue weighted by Gasteiger charge is 2.32. The van der Waals surface area contributed by atoms with Crippen LogP contribution in [0.2, 0.25) is 0 Å². The molecule has 0 aliphatic heterocycles.